The molecule has 0 bridgehead atoms. The molecule has 1 nitrogen and oxygen atoms in total. The van der Waals surface area contributed by atoms with Crippen molar-refractivity contribution in [1.82, 2.24) is 0 Å². The van der Waals surface area contributed by atoms with Crippen molar-refractivity contribution in [2.24, 2.45) is 0 Å². The summed E-state index contributed by atoms with van der Waals surface area (Å²) in [5.41, 5.74) is 0. The summed E-state index contributed by atoms with van der Waals surface area (Å²) in [6.45, 7) is 3.12. The Labute approximate surface area is 74.9 Å². The first-order chi connectivity index (χ1) is 4.81. The second-order valence-corrected chi connectivity index (χ2v) is 5.27. The minimum atomic E-state index is 0.625. The molecule has 0 atom stereocenters. The quantitative estimate of drug-likeness (QED) is 0.520. The maximum Gasteiger partial charge on any atom is 0.0905 e. The van der Waals surface area contributed by atoms with E-state index in [0.29, 0.717) is 14.5 Å². The molecule has 0 saturated heterocycles. The summed E-state index contributed by atoms with van der Waals surface area (Å²) >= 11 is 3.99. The molecule has 0 unspecified atom stereocenters. The molecule has 10 heavy (non-hydrogen) atoms. The van der Waals surface area contributed by atoms with Crippen LogP contribution in [0.15, 0.2) is 33.1 Å². The molecule has 0 saturated carbocycles. The van der Waals surface area contributed by atoms with Crippen LogP contribution in [0.3, 0.4) is 0 Å². The standard InChI is InChI=1S/C4H3BrSe.C3H3N/c5-4-2-1-3-6-4;1-2-3-4/h1-3H;2H,1H2. The van der Waals surface area contributed by atoms with Crippen molar-refractivity contribution in [3.63, 3.8) is 0 Å². The first-order valence-electron chi connectivity index (χ1n) is 2.50. The van der Waals surface area contributed by atoms with E-state index >= 15 is 0 Å². The molecule has 0 radical (unpaired) electrons. The average Bonchev–Trinajstić information content (AvgIpc) is 2.40. The van der Waals surface area contributed by atoms with Gasteiger partial charge in [0.25, 0.3) is 0 Å². The van der Waals surface area contributed by atoms with E-state index in [-0.39, 0.29) is 0 Å². The van der Waals surface area contributed by atoms with Crippen LogP contribution in [0.2, 0.25) is 0 Å². The largest absolute Gasteiger partial charge is 0.193 e. The summed E-state index contributed by atoms with van der Waals surface area (Å²) in [5, 5.41) is 7.51. The zero-order valence-electron chi connectivity index (χ0n) is 5.25. The molecular weight excluding hydrogens is 257 g/mol. The third-order valence-corrected chi connectivity index (χ3v) is 3.19. The SMILES string of the molecule is Brc1ccc[se]1.C=CC#N. The summed E-state index contributed by atoms with van der Waals surface area (Å²) in [5.74, 6) is 0. The number of allylic oxidation sites excluding steroid dienone is 1. The molecule has 1 heterocycles. The minimum absolute atomic E-state index is 0.625. The first-order valence-corrected chi connectivity index (χ1v) is 5.14. The normalized spacial score (nSPS) is 6.80. The van der Waals surface area contributed by atoms with Gasteiger partial charge in [-0.25, -0.2) is 0 Å². The zero-order chi connectivity index (χ0) is 7.82. The molecule has 0 N–H and O–H groups in total. The summed E-state index contributed by atoms with van der Waals surface area (Å²) in [6, 6.07) is 5.85. The van der Waals surface area contributed by atoms with E-state index < -0.39 is 0 Å². The zero-order valence-corrected chi connectivity index (χ0v) is 8.55. The second-order valence-electron chi connectivity index (χ2n) is 1.25. The molecule has 1 aromatic rings. The van der Waals surface area contributed by atoms with E-state index in [1.807, 2.05) is 0 Å². The fourth-order valence-electron chi connectivity index (χ4n) is 0.259. The van der Waals surface area contributed by atoms with E-state index in [9.17, 15) is 0 Å². The van der Waals surface area contributed by atoms with Crippen LogP contribution in [0.25, 0.3) is 0 Å². The van der Waals surface area contributed by atoms with E-state index in [2.05, 4.69) is 39.6 Å². The topological polar surface area (TPSA) is 23.8 Å². The number of hydrogen-bond acceptors (Lipinski definition) is 1. The maximum absolute atomic E-state index is 7.51. The van der Waals surface area contributed by atoms with Gasteiger partial charge in [0.15, 0.2) is 0 Å². The molecular formula is C7H6BrNSe. The van der Waals surface area contributed by atoms with Crippen LogP contribution >= 0.6 is 15.9 Å². The van der Waals surface area contributed by atoms with Gasteiger partial charge in [0.1, 0.15) is 0 Å². The number of rotatable bonds is 0. The maximum atomic E-state index is 7.51. The molecule has 0 aromatic carbocycles. The van der Waals surface area contributed by atoms with Gasteiger partial charge in [-0.2, -0.15) is 5.26 Å². The average molecular weight is 263 g/mol. The Hall–Kier alpha value is -0.291. The van der Waals surface area contributed by atoms with E-state index in [0.717, 1.165) is 0 Å². The summed E-state index contributed by atoms with van der Waals surface area (Å²) < 4.78 is 1.34. The smallest absolute Gasteiger partial charge is 0.0905 e. The minimum Gasteiger partial charge on any atom is -0.193 e. The fourth-order valence-corrected chi connectivity index (χ4v) is 1.90. The van der Waals surface area contributed by atoms with Crippen molar-refractivity contribution in [2.45, 2.75) is 0 Å². The third kappa shape index (κ3) is 5.84. The summed E-state index contributed by atoms with van der Waals surface area (Å²) in [6.07, 6.45) is 1.18. The van der Waals surface area contributed by atoms with Crippen LogP contribution in [-0.2, 0) is 0 Å². The van der Waals surface area contributed by atoms with Crippen LogP contribution < -0.4 is 0 Å². The Balaban J connectivity index is 0.000000180. The fraction of sp³-hybridized carbons (Fsp3) is 0. The predicted octanol–water partition coefficient (Wildman–Crippen LogP) is 2.20. The Morgan fingerprint density at radius 3 is 2.50 bits per heavy atom. The molecule has 0 spiro atoms. The number of nitriles is 1. The van der Waals surface area contributed by atoms with Crippen molar-refractivity contribution >= 4 is 30.4 Å². The van der Waals surface area contributed by atoms with Gasteiger partial charge in [0, 0.05) is 6.08 Å². The van der Waals surface area contributed by atoms with Crippen LogP contribution in [0.4, 0.5) is 0 Å². The Bertz CT molecular complexity index is 210. The first kappa shape index (κ1) is 9.71. The van der Waals surface area contributed by atoms with Crippen LogP contribution in [-0.4, -0.2) is 14.5 Å². The van der Waals surface area contributed by atoms with Crippen molar-refractivity contribution in [2.75, 3.05) is 0 Å². The van der Waals surface area contributed by atoms with Crippen LogP contribution in [0, 0.1) is 11.3 Å². The van der Waals surface area contributed by atoms with Crippen molar-refractivity contribution in [1.29, 1.82) is 5.26 Å². The molecule has 0 aliphatic rings. The van der Waals surface area contributed by atoms with Crippen LogP contribution in [0.5, 0.6) is 0 Å². The Morgan fingerprint density at radius 2 is 2.40 bits per heavy atom. The molecule has 0 fully saturated rings. The van der Waals surface area contributed by atoms with Crippen molar-refractivity contribution < 1.29 is 0 Å². The second kappa shape index (κ2) is 6.82. The summed E-state index contributed by atoms with van der Waals surface area (Å²) in [7, 11) is 0. The molecule has 3 heteroatoms. The van der Waals surface area contributed by atoms with Gasteiger partial charge in [-0.3, -0.25) is 0 Å². The Morgan fingerprint density at radius 1 is 1.80 bits per heavy atom. The monoisotopic (exact) mass is 263 g/mol. The molecule has 0 amide bonds. The van der Waals surface area contributed by atoms with Crippen molar-refractivity contribution in [3.8, 4) is 6.07 Å². The number of hydrogen-bond donors (Lipinski definition) is 0. The van der Waals surface area contributed by atoms with Gasteiger partial charge in [0.05, 0.1) is 6.07 Å². The molecule has 0 aliphatic heterocycles. The molecule has 52 valence electrons. The third-order valence-electron chi connectivity index (χ3n) is 0.578. The van der Waals surface area contributed by atoms with Gasteiger partial charge < -0.3 is 0 Å². The van der Waals surface area contributed by atoms with E-state index in [1.54, 1.807) is 6.07 Å². The summed E-state index contributed by atoms with van der Waals surface area (Å²) in [4.78, 5) is 2.18. The van der Waals surface area contributed by atoms with Gasteiger partial charge in [0.2, 0.25) is 0 Å². The van der Waals surface area contributed by atoms with Crippen molar-refractivity contribution in [3.05, 3.63) is 33.1 Å². The van der Waals surface area contributed by atoms with E-state index in [4.69, 9.17) is 5.26 Å². The molecule has 1 rings (SSSR count). The van der Waals surface area contributed by atoms with Crippen LogP contribution in [0.1, 0.15) is 0 Å². The number of halogens is 1. The molecule has 0 aliphatic carbocycles. The van der Waals surface area contributed by atoms with E-state index in [1.165, 1.54) is 9.42 Å². The van der Waals surface area contributed by atoms with Gasteiger partial charge in [-0.1, -0.05) is 6.58 Å². The molecule has 1 aromatic heterocycles. The van der Waals surface area contributed by atoms with Gasteiger partial charge in [-0.15, -0.1) is 0 Å². The number of nitrogens with zero attached hydrogens (tertiary/aromatic N) is 1. The predicted molar refractivity (Wildman–Crippen MR) is 46.9 cm³/mol. The van der Waals surface area contributed by atoms with Gasteiger partial charge in [-0.05, 0) is 0 Å². The Kier molecular flexibility index (Phi) is 6.63. The van der Waals surface area contributed by atoms with Gasteiger partial charge >= 0.3 is 50.9 Å².